The Kier molecular flexibility index (Phi) is 5.49. The summed E-state index contributed by atoms with van der Waals surface area (Å²) >= 11 is 0. The van der Waals surface area contributed by atoms with Gasteiger partial charge in [0.25, 0.3) is 0 Å². The number of carbonyl (C=O) groups is 1. The minimum Gasteiger partial charge on any atom is -0.478 e. The van der Waals surface area contributed by atoms with E-state index >= 15 is 0 Å². The van der Waals surface area contributed by atoms with Crippen LogP contribution in [0.15, 0.2) is 61.2 Å². The highest BCUT2D eigenvalue weighted by atomic mass is 16.5. The van der Waals surface area contributed by atoms with Crippen molar-refractivity contribution in [3.63, 3.8) is 0 Å². The van der Waals surface area contributed by atoms with Crippen molar-refractivity contribution in [3.8, 4) is 0 Å². The molecule has 1 aromatic heterocycles. The predicted molar refractivity (Wildman–Crippen MR) is 99.1 cm³/mol. The molecule has 0 radical (unpaired) electrons. The molecular formula is C21H22N2O3. The summed E-state index contributed by atoms with van der Waals surface area (Å²) in [6.07, 6.45) is 5.33. The molecule has 26 heavy (non-hydrogen) atoms. The van der Waals surface area contributed by atoms with Crippen molar-refractivity contribution in [1.82, 2.24) is 9.55 Å². The first-order valence-corrected chi connectivity index (χ1v) is 8.49. The van der Waals surface area contributed by atoms with Crippen LogP contribution in [0, 0.1) is 13.8 Å². The number of hydrogen-bond donors (Lipinski definition) is 1. The normalized spacial score (nSPS) is 12.1. The van der Waals surface area contributed by atoms with Gasteiger partial charge in [-0.2, -0.15) is 0 Å². The Morgan fingerprint density at radius 1 is 1.19 bits per heavy atom. The van der Waals surface area contributed by atoms with Crippen molar-refractivity contribution in [2.45, 2.75) is 33.1 Å². The first-order valence-electron chi connectivity index (χ1n) is 8.49. The molecule has 0 fully saturated rings. The third-order valence-corrected chi connectivity index (χ3v) is 4.36. The van der Waals surface area contributed by atoms with Crippen molar-refractivity contribution in [2.75, 3.05) is 0 Å². The Morgan fingerprint density at radius 3 is 2.58 bits per heavy atom. The molecule has 1 unspecified atom stereocenters. The standard InChI is InChI=1S/C21H22N2O3/c1-15-3-8-19(16(2)11-15)20(12-23-10-9-22-14-23)26-13-17-4-6-18(7-5-17)21(24)25/h3-11,14,20H,12-13H2,1-2H3,(H,24,25). The van der Waals surface area contributed by atoms with Gasteiger partial charge in [-0.3, -0.25) is 0 Å². The number of benzene rings is 2. The first-order chi connectivity index (χ1) is 12.5. The number of rotatable bonds is 7. The molecule has 0 bridgehead atoms. The number of aryl methyl sites for hydroxylation is 2. The zero-order valence-electron chi connectivity index (χ0n) is 14.9. The van der Waals surface area contributed by atoms with Crippen molar-refractivity contribution in [2.24, 2.45) is 0 Å². The van der Waals surface area contributed by atoms with Gasteiger partial charge in [0.05, 0.1) is 25.0 Å². The van der Waals surface area contributed by atoms with Crippen molar-refractivity contribution >= 4 is 5.97 Å². The molecule has 2 aromatic carbocycles. The lowest BCUT2D eigenvalue weighted by molar-refractivity contribution is 0.0275. The minimum atomic E-state index is -0.925. The van der Waals surface area contributed by atoms with Gasteiger partial charge in [0, 0.05) is 12.4 Å². The Balaban J connectivity index is 1.78. The summed E-state index contributed by atoms with van der Waals surface area (Å²) in [4.78, 5) is 15.1. The van der Waals surface area contributed by atoms with Gasteiger partial charge in [-0.25, -0.2) is 9.78 Å². The molecule has 5 nitrogen and oxygen atoms in total. The fourth-order valence-corrected chi connectivity index (χ4v) is 2.95. The van der Waals surface area contributed by atoms with E-state index in [0.717, 1.165) is 11.1 Å². The van der Waals surface area contributed by atoms with Gasteiger partial charge in [-0.05, 0) is 42.7 Å². The van der Waals surface area contributed by atoms with E-state index in [1.165, 1.54) is 11.1 Å². The largest absolute Gasteiger partial charge is 0.478 e. The van der Waals surface area contributed by atoms with Crippen LogP contribution < -0.4 is 0 Å². The average molecular weight is 350 g/mol. The van der Waals surface area contributed by atoms with Gasteiger partial charge in [0.1, 0.15) is 6.10 Å². The van der Waals surface area contributed by atoms with E-state index in [1.54, 1.807) is 36.8 Å². The highest BCUT2D eigenvalue weighted by Crippen LogP contribution is 2.25. The number of aromatic carboxylic acids is 1. The molecule has 0 aliphatic rings. The van der Waals surface area contributed by atoms with E-state index in [0.29, 0.717) is 13.2 Å². The van der Waals surface area contributed by atoms with Crippen LogP contribution >= 0.6 is 0 Å². The van der Waals surface area contributed by atoms with Crippen LogP contribution in [0.3, 0.4) is 0 Å². The van der Waals surface area contributed by atoms with Crippen LogP contribution in [0.5, 0.6) is 0 Å². The molecule has 0 saturated carbocycles. The highest BCUT2D eigenvalue weighted by Gasteiger charge is 2.16. The summed E-state index contributed by atoms with van der Waals surface area (Å²) in [6, 6.07) is 13.1. The average Bonchev–Trinajstić information content (AvgIpc) is 3.12. The number of carboxylic acids is 1. The van der Waals surface area contributed by atoms with Crippen LogP contribution in [0.25, 0.3) is 0 Å². The van der Waals surface area contributed by atoms with Crippen molar-refractivity contribution in [1.29, 1.82) is 0 Å². The van der Waals surface area contributed by atoms with E-state index in [1.807, 2.05) is 10.8 Å². The van der Waals surface area contributed by atoms with Crippen LogP contribution in [0.4, 0.5) is 0 Å². The summed E-state index contributed by atoms with van der Waals surface area (Å²) < 4.78 is 8.21. The molecule has 0 saturated heterocycles. The maximum atomic E-state index is 11.0. The lowest BCUT2D eigenvalue weighted by atomic mass is 10.0. The van der Waals surface area contributed by atoms with Gasteiger partial charge in [0.15, 0.2) is 0 Å². The number of nitrogens with zero attached hydrogens (tertiary/aromatic N) is 2. The second-order valence-corrected chi connectivity index (χ2v) is 6.42. The smallest absolute Gasteiger partial charge is 0.335 e. The fraction of sp³-hybridized carbons (Fsp3) is 0.238. The predicted octanol–water partition coefficient (Wildman–Crippen LogP) is 4.16. The molecule has 1 N–H and O–H groups in total. The lowest BCUT2D eigenvalue weighted by Gasteiger charge is -2.21. The maximum Gasteiger partial charge on any atom is 0.335 e. The number of imidazole rings is 1. The molecule has 0 spiro atoms. The van der Waals surface area contributed by atoms with E-state index in [9.17, 15) is 4.79 Å². The molecule has 3 rings (SSSR count). The quantitative estimate of drug-likeness (QED) is 0.695. The highest BCUT2D eigenvalue weighted by molar-refractivity contribution is 5.87. The number of hydrogen-bond acceptors (Lipinski definition) is 3. The monoisotopic (exact) mass is 350 g/mol. The molecule has 0 amide bonds. The lowest BCUT2D eigenvalue weighted by Crippen LogP contribution is -2.13. The van der Waals surface area contributed by atoms with E-state index in [2.05, 4.69) is 37.0 Å². The van der Waals surface area contributed by atoms with Gasteiger partial charge < -0.3 is 14.4 Å². The molecule has 0 aliphatic heterocycles. The van der Waals surface area contributed by atoms with Crippen LogP contribution in [-0.2, 0) is 17.9 Å². The minimum absolute atomic E-state index is 0.121. The third kappa shape index (κ3) is 4.37. The summed E-state index contributed by atoms with van der Waals surface area (Å²) in [5.41, 5.74) is 4.77. The topological polar surface area (TPSA) is 64.4 Å². The van der Waals surface area contributed by atoms with Crippen LogP contribution in [0.1, 0.15) is 38.7 Å². The van der Waals surface area contributed by atoms with Gasteiger partial charge >= 0.3 is 5.97 Å². The number of ether oxygens (including phenoxy) is 1. The summed E-state index contributed by atoms with van der Waals surface area (Å²) in [7, 11) is 0. The van der Waals surface area contributed by atoms with Gasteiger partial charge in [-0.1, -0.05) is 35.9 Å². The fourth-order valence-electron chi connectivity index (χ4n) is 2.95. The summed E-state index contributed by atoms with van der Waals surface area (Å²) in [5, 5.41) is 9.00. The summed E-state index contributed by atoms with van der Waals surface area (Å²) in [6.45, 7) is 5.24. The Morgan fingerprint density at radius 2 is 1.96 bits per heavy atom. The van der Waals surface area contributed by atoms with E-state index < -0.39 is 5.97 Å². The van der Waals surface area contributed by atoms with Gasteiger partial charge in [0.2, 0.25) is 0 Å². The second-order valence-electron chi connectivity index (χ2n) is 6.42. The van der Waals surface area contributed by atoms with E-state index in [4.69, 9.17) is 9.84 Å². The van der Waals surface area contributed by atoms with Gasteiger partial charge in [-0.15, -0.1) is 0 Å². The molecule has 134 valence electrons. The SMILES string of the molecule is Cc1ccc(C(Cn2ccnc2)OCc2ccc(C(=O)O)cc2)c(C)c1. The third-order valence-electron chi connectivity index (χ3n) is 4.36. The van der Waals surface area contributed by atoms with Crippen molar-refractivity contribution in [3.05, 3.63) is 89.0 Å². The molecule has 5 heteroatoms. The summed E-state index contributed by atoms with van der Waals surface area (Å²) in [5.74, 6) is -0.925. The van der Waals surface area contributed by atoms with Crippen LogP contribution in [0.2, 0.25) is 0 Å². The van der Waals surface area contributed by atoms with Crippen molar-refractivity contribution < 1.29 is 14.6 Å². The van der Waals surface area contributed by atoms with E-state index in [-0.39, 0.29) is 11.7 Å². The molecule has 0 aliphatic carbocycles. The zero-order valence-corrected chi connectivity index (χ0v) is 14.9. The Hall–Kier alpha value is -2.92. The number of carboxylic acid groups (broad SMARTS) is 1. The Labute approximate surface area is 152 Å². The second kappa shape index (κ2) is 7.97. The zero-order chi connectivity index (χ0) is 18.5. The van der Waals surface area contributed by atoms with Crippen LogP contribution in [-0.4, -0.2) is 20.6 Å². The molecule has 3 aromatic rings. The maximum absolute atomic E-state index is 11.0. The molecule has 1 heterocycles. The number of aromatic nitrogens is 2. The Bertz CT molecular complexity index is 871. The molecular weight excluding hydrogens is 328 g/mol. The first kappa shape index (κ1) is 17.9. The molecule has 1 atom stereocenters.